The zero-order valence-electron chi connectivity index (χ0n) is 14.3. The van der Waals surface area contributed by atoms with E-state index < -0.39 is 0 Å². The molecule has 1 N–H and O–H groups in total. The molecule has 2 aromatic carbocycles. The number of carbonyl (C=O) groups excluding carboxylic acids is 1. The minimum absolute atomic E-state index is 0.143. The number of rotatable bonds is 8. The van der Waals surface area contributed by atoms with Gasteiger partial charge in [0.25, 0.3) is 5.91 Å². The maximum Gasteiger partial charge on any atom is 0.277 e. The largest absolute Gasteiger partial charge is 0.497 e. The number of carbonyl (C=O) groups is 1. The van der Waals surface area contributed by atoms with Gasteiger partial charge in [-0.3, -0.25) is 4.79 Å². The molecule has 0 saturated heterocycles. The van der Waals surface area contributed by atoms with E-state index >= 15 is 0 Å². The molecule has 0 unspecified atom stereocenters. The lowest BCUT2D eigenvalue weighted by atomic mass is 10.2. The summed E-state index contributed by atoms with van der Waals surface area (Å²) in [6.07, 6.45) is 1.51. The summed E-state index contributed by atoms with van der Waals surface area (Å²) in [7, 11) is 4.70. The predicted molar refractivity (Wildman–Crippen MR) is 93.8 cm³/mol. The molecule has 132 valence electrons. The molecule has 0 aliphatic rings. The van der Waals surface area contributed by atoms with Crippen LogP contribution >= 0.6 is 0 Å². The molecule has 0 atom stereocenters. The molecule has 0 aliphatic heterocycles. The summed E-state index contributed by atoms with van der Waals surface area (Å²) in [6, 6.07) is 12.3. The van der Waals surface area contributed by atoms with E-state index in [4.69, 9.17) is 18.9 Å². The molecule has 0 aromatic heterocycles. The number of methoxy groups -OCH3 is 3. The van der Waals surface area contributed by atoms with Crippen LogP contribution < -0.4 is 24.4 Å². The summed E-state index contributed by atoms with van der Waals surface area (Å²) in [5.41, 5.74) is 3.16. The van der Waals surface area contributed by atoms with Crippen LogP contribution in [0.25, 0.3) is 0 Å². The summed E-state index contributed by atoms with van der Waals surface area (Å²) in [5.74, 6) is 2.13. The topological polar surface area (TPSA) is 78.4 Å². The highest BCUT2D eigenvalue weighted by atomic mass is 16.5. The van der Waals surface area contributed by atoms with Crippen molar-refractivity contribution in [3.05, 3.63) is 48.0 Å². The first-order valence-electron chi connectivity index (χ1n) is 7.47. The van der Waals surface area contributed by atoms with E-state index in [0.717, 1.165) is 11.3 Å². The zero-order chi connectivity index (χ0) is 18.1. The third-order valence-corrected chi connectivity index (χ3v) is 3.24. The van der Waals surface area contributed by atoms with E-state index in [1.165, 1.54) is 6.21 Å². The van der Waals surface area contributed by atoms with Crippen LogP contribution in [-0.2, 0) is 4.79 Å². The van der Waals surface area contributed by atoms with Crippen molar-refractivity contribution in [2.75, 3.05) is 27.9 Å². The number of amides is 1. The van der Waals surface area contributed by atoms with Crippen molar-refractivity contribution in [2.45, 2.75) is 0 Å². The van der Waals surface area contributed by atoms with Crippen molar-refractivity contribution in [3.8, 4) is 23.0 Å². The second-order valence-corrected chi connectivity index (χ2v) is 4.87. The van der Waals surface area contributed by atoms with Crippen LogP contribution in [0.2, 0.25) is 0 Å². The van der Waals surface area contributed by atoms with Crippen molar-refractivity contribution in [1.82, 2.24) is 5.43 Å². The first kappa shape index (κ1) is 18.1. The molecule has 0 radical (unpaired) electrons. The van der Waals surface area contributed by atoms with Gasteiger partial charge in [-0.15, -0.1) is 0 Å². The number of benzene rings is 2. The Kier molecular flexibility index (Phi) is 6.65. The van der Waals surface area contributed by atoms with Crippen molar-refractivity contribution in [1.29, 1.82) is 0 Å². The van der Waals surface area contributed by atoms with Gasteiger partial charge in [0.15, 0.2) is 18.1 Å². The second-order valence-electron chi connectivity index (χ2n) is 4.87. The molecule has 0 spiro atoms. The van der Waals surface area contributed by atoms with E-state index in [-0.39, 0.29) is 12.5 Å². The average molecular weight is 344 g/mol. The van der Waals surface area contributed by atoms with Gasteiger partial charge in [-0.1, -0.05) is 0 Å². The molecule has 25 heavy (non-hydrogen) atoms. The summed E-state index contributed by atoms with van der Waals surface area (Å²) >= 11 is 0. The number of hydrazone groups is 1. The Morgan fingerprint density at radius 3 is 2.28 bits per heavy atom. The maximum absolute atomic E-state index is 11.7. The van der Waals surface area contributed by atoms with E-state index in [0.29, 0.717) is 17.2 Å². The van der Waals surface area contributed by atoms with Crippen LogP contribution in [0.5, 0.6) is 23.0 Å². The van der Waals surface area contributed by atoms with Gasteiger partial charge in [-0.05, 0) is 48.0 Å². The molecule has 1 amide bonds. The summed E-state index contributed by atoms with van der Waals surface area (Å²) in [5, 5.41) is 3.89. The standard InChI is InChI=1S/C18H20N2O5/c1-22-14-5-7-15(8-6-14)25-12-18(21)20-19-11-13-4-9-16(23-2)17(10-13)24-3/h4-11H,12H2,1-3H3,(H,20,21). The van der Waals surface area contributed by atoms with Gasteiger partial charge in [-0.25, -0.2) is 5.43 Å². The third-order valence-electron chi connectivity index (χ3n) is 3.24. The highest BCUT2D eigenvalue weighted by Crippen LogP contribution is 2.26. The van der Waals surface area contributed by atoms with Crippen molar-refractivity contribution >= 4 is 12.1 Å². The van der Waals surface area contributed by atoms with E-state index in [1.54, 1.807) is 63.8 Å². The van der Waals surface area contributed by atoms with Crippen molar-refractivity contribution < 1.29 is 23.7 Å². The Hall–Kier alpha value is -3.22. The van der Waals surface area contributed by atoms with Crippen LogP contribution in [0.1, 0.15) is 5.56 Å². The fourth-order valence-corrected chi connectivity index (χ4v) is 1.97. The summed E-state index contributed by atoms with van der Waals surface area (Å²) in [6.45, 7) is -0.143. The Morgan fingerprint density at radius 1 is 0.960 bits per heavy atom. The van der Waals surface area contributed by atoms with Crippen LogP contribution in [0, 0.1) is 0 Å². The van der Waals surface area contributed by atoms with Gasteiger partial charge in [0.05, 0.1) is 27.5 Å². The Labute approximate surface area is 146 Å². The molecule has 7 heteroatoms. The molecule has 7 nitrogen and oxygen atoms in total. The molecule has 0 bridgehead atoms. The van der Waals surface area contributed by atoms with Crippen molar-refractivity contribution in [3.63, 3.8) is 0 Å². The van der Waals surface area contributed by atoms with Crippen LogP contribution in [0.3, 0.4) is 0 Å². The number of hydrogen-bond acceptors (Lipinski definition) is 6. The van der Waals surface area contributed by atoms with E-state index in [2.05, 4.69) is 10.5 Å². The Bertz CT molecular complexity index is 729. The average Bonchev–Trinajstić information content (AvgIpc) is 2.66. The lowest BCUT2D eigenvalue weighted by Crippen LogP contribution is -2.24. The van der Waals surface area contributed by atoms with Crippen molar-refractivity contribution in [2.24, 2.45) is 5.10 Å². The fraction of sp³-hybridized carbons (Fsp3) is 0.222. The highest BCUT2D eigenvalue weighted by Gasteiger charge is 2.04. The molecule has 0 heterocycles. The molecule has 0 fully saturated rings. The predicted octanol–water partition coefficient (Wildman–Crippen LogP) is 2.24. The third kappa shape index (κ3) is 5.42. The van der Waals surface area contributed by atoms with Gasteiger partial charge in [0, 0.05) is 0 Å². The quantitative estimate of drug-likeness (QED) is 0.587. The highest BCUT2D eigenvalue weighted by molar-refractivity contribution is 5.83. The smallest absolute Gasteiger partial charge is 0.277 e. The summed E-state index contributed by atoms with van der Waals surface area (Å²) < 4.78 is 20.8. The second kappa shape index (κ2) is 9.17. The normalized spacial score (nSPS) is 10.4. The van der Waals surface area contributed by atoms with Gasteiger partial charge in [-0.2, -0.15) is 5.10 Å². The van der Waals surface area contributed by atoms with Gasteiger partial charge in [0.2, 0.25) is 0 Å². The Balaban J connectivity index is 1.83. The molecular formula is C18H20N2O5. The SMILES string of the molecule is COc1ccc(OCC(=O)NN=Cc2ccc(OC)c(OC)c2)cc1. The maximum atomic E-state index is 11.7. The minimum Gasteiger partial charge on any atom is -0.497 e. The fourth-order valence-electron chi connectivity index (χ4n) is 1.97. The van der Waals surface area contributed by atoms with E-state index in [1.807, 2.05) is 0 Å². The van der Waals surface area contributed by atoms with Crippen LogP contribution in [-0.4, -0.2) is 40.1 Å². The molecule has 2 aromatic rings. The number of nitrogens with zero attached hydrogens (tertiary/aromatic N) is 1. The molecule has 0 aliphatic carbocycles. The number of hydrogen-bond donors (Lipinski definition) is 1. The first-order chi connectivity index (χ1) is 12.2. The molecular weight excluding hydrogens is 324 g/mol. The molecule has 0 saturated carbocycles. The summed E-state index contributed by atoms with van der Waals surface area (Å²) in [4.78, 5) is 11.7. The minimum atomic E-state index is -0.368. The van der Waals surface area contributed by atoms with E-state index in [9.17, 15) is 4.79 Å². The van der Waals surface area contributed by atoms with Gasteiger partial charge < -0.3 is 18.9 Å². The van der Waals surface area contributed by atoms with Crippen LogP contribution in [0.4, 0.5) is 0 Å². The molecule has 2 rings (SSSR count). The monoisotopic (exact) mass is 344 g/mol. The van der Waals surface area contributed by atoms with Gasteiger partial charge in [0.1, 0.15) is 11.5 Å². The Morgan fingerprint density at radius 2 is 1.64 bits per heavy atom. The zero-order valence-corrected chi connectivity index (χ0v) is 14.3. The van der Waals surface area contributed by atoms with Crippen LogP contribution in [0.15, 0.2) is 47.6 Å². The van der Waals surface area contributed by atoms with Gasteiger partial charge >= 0.3 is 0 Å². The first-order valence-corrected chi connectivity index (χ1v) is 7.47. The lowest BCUT2D eigenvalue weighted by molar-refractivity contribution is -0.123. The lowest BCUT2D eigenvalue weighted by Gasteiger charge is -2.07. The number of nitrogens with one attached hydrogen (secondary N) is 1. The number of ether oxygens (including phenoxy) is 4.